The van der Waals surface area contributed by atoms with Gasteiger partial charge in [-0.1, -0.05) is 6.42 Å². The van der Waals surface area contributed by atoms with Gasteiger partial charge in [0.25, 0.3) is 0 Å². The van der Waals surface area contributed by atoms with E-state index in [0.29, 0.717) is 19.1 Å². The van der Waals surface area contributed by atoms with Crippen molar-refractivity contribution in [1.29, 1.82) is 0 Å². The smallest absolute Gasteiger partial charge is 0.397 e. The number of nitrogens with zero attached hydrogens (tertiary/aromatic N) is 2. The number of piperidine rings is 1. The number of carbonyl (C=O) groups is 2. The lowest BCUT2D eigenvalue weighted by Gasteiger charge is -2.43. The molecule has 0 aromatic heterocycles. The third-order valence-electron chi connectivity index (χ3n) is 3.57. The summed E-state index contributed by atoms with van der Waals surface area (Å²) in [4.78, 5) is 27.2. The highest BCUT2D eigenvalue weighted by atomic mass is 16.5. The molecular weight excluding hydrogens is 220 g/mol. The van der Waals surface area contributed by atoms with Crippen LogP contribution in [0.5, 0.6) is 0 Å². The first kappa shape index (κ1) is 12.4. The molecule has 1 unspecified atom stereocenters. The van der Waals surface area contributed by atoms with Crippen LogP contribution in [0.25, 0.3) is 0 Å². The van der Waals surface area contributed by atoms with Gasteiger partial charge in [-0.15, -0.1) is 0 Å². The maximum Gasteiger partial charge on any atom is 0.397 e. The van der Waals surface area contributed by atoms with E-state index >= 15 is 0 Å². The molecule has 2 aliphatic rings. The summed E-state index contributed by atoms with van der Waals surface area (Å²) in [5.74, 6) is -1.19. The molecule has 0 bridgehead atoms. The Kier molecular flexibility index (Phi) is 3.99. The molecule has 2 rings (SSSR count). The molecule has 0 spiro atoms. The summed E-state index contributed by atoms with van der Waals surface area (Å²) in [5.41, 5.74) is 0. The molecule has 1 atom stereocenters. The van der Waals surface area contributed by atoms with Gasteiger partial charge in [0, 0.05) is 25.7 Å². The molecule has 0 N–H and O–H groups in total. The monoisotopic (exact) mass is 240 g/mol. The van der Waals surface area contributed by atoms with E-state index in [1.807, 2.05) is 0 Å². The van der Waals surface area contributed by atoms with Gasteiger partial charge in [0.1, 0.15) is 0 Å². The molecule has 96 valence electrons. The number of esters is 1. The molecule has 1 amide bonds. The number of hydrogen-bond acceptors (Lipinski definition) is 4. The Morgan fingerprint density at radius 2 is 2.06 bits per heavy atom. The van der Waals surface area contributed by atoms with Crippen LogP contribution in [0.1, 0.15) is 26.2 Å². The minimum absolute atomic E-state index is 0.258. The first-order chi connectivity index (χ1) is 8.22. The quantitative estimate of drug-likeness (QED) is 0.487. The third-order valence-corrected chi connectivity index (χ3v) is 3.57. The van der Waals surface area contributed by atoms with Gasteiger partial charge in [-0.05, 0) is 26.3 Å². The second-order valence-corrected chi connectivity index (χ2v) is 4.66. The fraction of sp³-hybridized carbons (Fsp3) is 0.833. The maximum atomic E-state index is 11.8. The minimum Gasteiger partial charge on any atom is -0.459 e. The normalized spacial score (nSPS) is 25.2. The summed E-state index contributed by atoms with van der Waals surface area (Å²) in [5, 5.41) is 0. The largest absolute Gasteiger partial charge is 0.459 e. The summed E-state index contributed by atoms with van der Waals surface area (Å²) in [6.07, 6.45) is 3.61. The van der Waals surface area contributed by atoms with Crippen LogP contribution in [0.3, 0.4) is 0 Å². The van der Waals surface area contributed by atoms with Crippen molar-refractivity contribution in [2.75, 3.05) is 32.8 Å². The average Bonchev–Trinajstić information content (AvgIpc) is 2.37. The highest BCUT2D eigenvalue weighted by Gasteiger charge is 2.33. The standard InChI is InChI=1S/C12H20N2O3/c1-2-17-12(16)11(15)14-8-7-13-6-4-3-5-10(13)9-14/h10H,2-9H2,1H3. The zero-order valence-corrected chi connectivity index (χ0v) is 10.4. The van der Waals surface area contributed by atoms with E-state index in [0.717, 1.165) is 19.5 Å². The van der Waals surface area contributed by atoms with Gasteiger partial charge >= 0.3 is 11.9 Å². The maximum absolute atomic E-state index is 11.8. The zero-order chi connectivity index (χ0) is 12.3. The molecule has 17 heavy (non-hydrogen) atoms. The molecule has 5 heteroatoms. The van der Waals surface area contributed by atoms with Crippen molar-refractivity contribution < 1.29 is 14.3 Å². The Balaban J connectivity index is 1.90. The predicted octanol–water partition coefficient (Wildman–Crippen LogP) is 0.246. The lowest BCUT2D eigenvalue weighted by atomic mass is 9.99. The summed E-state index contributed by atoms with van der Waals surface area (Å²) < 4.78 is 4.75. The Morgan fingerprint density at radius 1 is 1.24 bits per heavy atom. The summed E-state index contributed by atoms with van der Waals surface area (Å²) in [6.45, 7) is 5.31. The van der Waals surface area contributed by atoms with E-state index in [1.54, 1.807) is 11.8 Å². The molecule has 0 saturated carbocycles. The van der Waals surface area contributed by atoms with Gasteiger partial charge in [0.2, 0.25) is 0 Å². The van der Waals surface area contributed by atoms with Crippen LogP contribution in [0.2, 0.25) is 0 Å². The van der Waals surface area contributed by atoms with Crippen molar-refractivity contribution in [1.82, 2.24) is 9.80 Å². The first-order valence-corrected chi connectivity index (χ1v) is 6.42. The molecular formula is C12H20N2O3. The topological polar surface area (TPSA) is 49.9 Å². The number of carbonyl (C=O) groups excluding carboxylic acids is 2. The van der Waals surface area contributed by atoms with Gasteiger partial charge in [-0.2, -0.15) is 0 Å². The summed E-state index contributed by atoms with van der Waals surface area (Å²) in [6, 6.07) is 0.441. The van der Waals surface area contributed by atoms with Crippen LogP contribution in [-0.4, -0.2) is 60.5 Å². The molecule has 0 aliphatic carbocycles. The van der Waals surface area contributed by atoms with E-state index < -0.39 is 11.9 Å². The Labute approximate surface area is 102 Å². The zero-order valence-electron chi connectivity index (χ0n) is 10.4. The number of ether oxygens (including phenoxy) is 1. The summed E-state index contributed by atoms with van der Waals surface area (Å²) >= 11 is 0. The molecule has 2 aliphatic heterocycles. The van der Waals surface area contributed by atoms with Crippen LogP contribution >= 0.6 is 0 Å². The second-order valence-electron chi connectivity index (χ2n) is 4.66. The van der Waals surface area contributed by atoms with Gasteiger partial charge in [-0.3, -0.25) is 9.69 Å². The minimum atomic E-state index is -0.711. The van der Waals surface area contributed by atoms with E-state index in [1.165, 1.54) is 12.8 Å². The lowest BCUT2D eigenvalue weighted by molar-refractivity contribution is -0.161. The predicted molar refractivity (Wildman–Crippen MR) is 62.4 cm³/mol. The summed E-state index contributed by atoms with van der Waals surface area (Å²) in [7, 11) is 0. The number of fused-ring (bicyclic) bond motifs is 1. The van der Waals surface area contributed by atoms with Crippen LogP contribution in [0.15, 0.2) is 0 Å². The Bertz CT molecular complexity index is 306. The van der Waals surface area contributed by atoms with Gasteiger partial charge in [0.15, 0.2) is 0 Å². The van der Waals surface area contributed by atoms with Gasteiger partial charge in [-0.25, -0.2) is 4.79 Å². The molecule has 5 nitrogen and oxygen atoms in total. The van der Waals surface area contributed by atoms with Crippen LogP contribution in [-0.2, 0) is 14.3 Å². The van der Waals surface area contributed by atoms with Gasteiger partial charge < -0.3 is 9.64 Å². The highest BCUT2D eigenvalue weighted by Crippen LogP contribution is 2.21. The Morgan fingerprint density at radius 3 is 2.82 bits per heavy atom. The lowest BCUT2D eigenvalue weighted by Crippen LogP contribution is -2.57. The number of amides is 1. The molecule has 0 aromatic carbocycles. The third kappa shape index (κ3) is 2.77. The fourth-order valence-electron chi connectivity index (χ4n) is 2.66. The van der Waals surface area contributed by atoms with E-state index in [2.05, 4.69) is 4.90 Å². The van der Waals surface area contributed by atoms with Gasteiger partial charge in [0.05, 0.1) is 6.61 Å². The van der Waals surface area contributed by atoms with Crippen LogP contribution in [0.4, 0.5) is 0 Å². The van der Waals surface area contributed by atoms with E-state index in [4.69, 9.17) is 4.74 Å². The van der Waals surface area contributed by atoms with Crippen molar-refractivity contribution in [2.45, 2.75) is 32.2 Å². The Hall–Kier alpha value is -1.10. The van der Waals surface area contributed by atoms with Crippen molar-refractivity contribution in [3.8, 4) is 0 Å². The SMILES string of the molecule is CCOC(=O)C(=O)N1CCN2CCCCC2C1. The molecule has 0 aromatic rings. The number of hydrogen-bond donors (Lipinski definition) is 0. The molecule has 0 radical (unpaired) electrons. The van der Waals surface area contributed by atoms with Crippen molar-refractivity contribution in [3.05, 3.63) is 0 Å². The van der Waals surface area contributed by atoms with Crippen molar-refractivity contribution in [2.24, 2.45) is 0 Å². The van der Waals surface area contributed by atoms with E-state index in [9.17, 15) is 9.59 Å². The van der Waals surface area contributed by atoms with Crippen molar-refractivity contribution in [3.63, 3.8) is 0 Å². The second kappa shape index (κ2) is 5.49. The number of rotatable bonds is 1. The van der Waals surface area contributed by atoms with Crippen LogP contribution in [0, 0.1) is 0 Å². The average molecular weight is 240 g/mol. The van der Waals surface area contributed by atoms with E-state index in [-0.39, 0.29) is 6.61 Å². The number of piperazine rings is 1. The molecule has 2 saturated heterocycles. The van der Waals surface area contributed by atoms with Crippen molar-refractivity contribution >= 4 is 11.9 Å². The first-order valence-electron chi connectivity index (χ1n) is 6.42. The molecule has 2 heterocycles. The fourth-order valence-corrected chi connectivity index (χ4v) is 2.66. The highest BCUT2D eigenvalue weighted by molar-refractivity contribution is 6.32. The molecule has 2 fully saturated rings. The van der Waals surface area contributed by atoms with Crippen LogP contribution < -0.4 is 0 Å².